The maximum Gasteiger partial charge on any atom is 0.251 e. The molecule has 0 saturated heterocycles. The van der Waals surface area contributed by atoms with E-state index in [4.69, 9.17) is 11.6 Å². The number of halogens is 1. The first-order valence-corrected chi connectivity index (χ1v) is 9.78. The van der Waals surface area contributed by atoms with Gasteiger partial charge in [0.25, 0.3) is 5.91 Å². The van der Waals surface area contributed by atoms with Crippen LogP contribution in [0.1, 0.15) is 39.8 Å². The quantitative estimate of drug-likeness (QED) is 0.617. The predicted octanol–water partition coefficient (Wildman–Crippen LogP) is 3.06. The van der Waals surface area contributed by atoms with Gasteiger partial charge in [-0.2, -0.15) is 0 Å². The van der Waals surface area contributed by atoms with Crippen molar-refractivity contribution >= 4 is 28.5 Å². The van der Waals surface area contributed by atoms with Crippen LogP contribution in [0.5, 0.6) is 0 Å². The number of aliphatic hydroxyl groups excluding tert-OH is 1. The molecule has 2 aromatic carbocycles. The Morgan fingerprint density at radius 2 is 2.18 bits per heavy atom. The molecule has 4 rings (SSSR count). The van der Waals surface area contributed by atoms with E-state index in [1.54, 1.807) is 12.1 Å². The van der Waals surface area contributed by atoms with E-state index >= 15 is 0 Å². The van der Waals surface area contributed by atoms with Gasteiger partial charge in [0.15, 0.2) is 0 Å². The van der Waals surface area contributed by atoms with Crippen LogP contribution in [0.4, 0.5) is 0 Å². The minimum Gasteiger partial charge on any atom is -0.396 e. The summed E-state index contributed by atoms with van der Waals surface area (Å²) in [6.45, 7) is 1.85. The van der Waals surface area contributed by atoms with Crippen molar-refractivity contribution in [2.45, 2.75) is 25.4 Å². The molecule has 2 heterocycles. The molecule has 3 aromatic rings. The van der Waals surface area contributed by atoms with Gasteiger partial charge in [0.2, 0.25) is 0 Å². The molecule has 3 N–H and O–H groups in total. The summed E-state index contributed by atoms with van der Waals surface area (Å²) in [5.74, 6) is 0.443. The van der Waals surface area contributed by atoms with Crippen LogP contribution in [-0.2, 0) is 13.0 Å². The highest BCUT2D eigenvalue weighted by Gasteiger charge is 2.21. The number of likely N-dealkylation sites (N-methyl/N-ethyl adjacent to an activating group) is 1. The van der Waals surface area contributed by atoms with E-state index in [0.717, 1.165) is 30.5 Å². The summed E-state index contributed by atoms with van der Waals surface area (Å²) in [5.41, 5.74) is 4.70. The Bertz CT molecular complexity index is 1020. The molecule has 1 amide bonds. The second-order valence-electron chi connectivity index (χ2n) is 7.29. The Hall–Kier alpha value is -2.41. The van der Waals surface area contributed by atoms with E-state index in [1.165, 1.54) is 11.1 Å². The van der Waals surface area contributed by atoms with Crippen molar-refractivity contribution < 1.29 is 9.90 Å². The van der Waals surface area contributed by atoms with Crippen molar-refractivity contribution in [1.82, 2.24) is 20.2 Å². The van der Waals surface area contributed by atoms with E-state index in [9.17, 15) is 9.90 Å². The molecule has 1 atom stereocenters. The molecule has 1 aliphatic heterocycles. The van der Waals surface area contributed by atoms with Gasteiger partial charge >= 0.3 is 0 Å². The molecule has 0 bridgehead atoms. The van der Waals surface area contributed by atoms with Crippen molar-refractivity contribution in [2.24, 2.45) is 0 Å². The summed E-state index contributed by atoms with van der Waals surface area (Å²) in [7, 11) is 2.10. The van der Waals surface area contributed by atoms with Gasteiger partial charge in [-0.25, -0.2) is 4.98 Å². The first kappa shape index (κ1) is 18.9. The Morgan fingerprint density at radius 1 is 1.32 bits per heavy atom. The number of hydrogen-bond donors (Lipinski definition) is 3. The molecular weight excluding hydrogens is 376 g/mol. The number of nitrogens with one attached hydrogen (secondary N) is 2. The van der Waals surface area contributed by atoms with Crippen molar-refractivity contribution in [3.8, 4) is 0 Å². The SMILES string of the molecule is CN1CCc2cc(C(=O)N[C@@H](CCO)c3nc4cc(Cl)ccc4[nH]3)ccc2C1. The summed E-state index contributed by atoms with van der Waals surface area (Å²) in [4.78, 5) is 22.9. The number of benzene rings is 2. The van der Waals surface area contributed by atoms with Crippen LogP contribution >= 0.6 is 11.6 Å². The first-order chi connectivity index (χ1) is 13.5. The lowest BCUT2D eigenvalue weighted by molar-refractivity contribution is 0.0928. The van der Waals surface area contributed by atoms with Crippen LogP contribution in [0.25, 0.3) is 11.0 Å². The smallest absolute Gasteiger partial charge is 0.251 e. The van der Waals surface area contributed by atoms with Crippen molar-refractivity contribution in [3.05, 3.63) is 63.9 Å². The Morgan fingerprint density at radius 3 is 3.00 bits per heavy atom. The Labute approximate surface area is 168 Å². The number of amides is 1. The lowest BCUT2D eigenvalue weighted by atomic mass is 9.97. The lowest BCUT2D eigenvalue weighted by Gasteiger charge is -2.25. The minimum absolute atomic E-state index is 0.0563. The molecule has 1 aliphatic rings. The molecule has 1 aromatic heterocycles. The molecule has 146 valence electrons. The second kappa shape index (κ2) is 7.91. The number of hydrogen-bond acceptors (Lipinski definition) is 4. The van der Waals surface area contributed by atoms with Crippen LogP contribution in [0.2, 0.25) is 5.02 Å². The fourth-order valence-electron chi connectivity index (χ4n) is 3.65. The maximum atomic E-state index is 12.9. The third-order valence-electron chi connectivity index (χ3n) is 5.19. The number of aromatic nitrogens is 2. The average Bonchev–Trinajstić information content (AvgIpc) is 3.10. The monoisotopic (exact) mass is 398 g/mol. The molecule has 0 spiro atoms. The Balaban J connectivity index is 1.56. The number of aliphatic hydroxyl groups is 1. The number of rotatable bonds is 5. The van der Waals surface area contributed by atoms with Crippen molar-refractivity contribution in [2.75, 3.05) is 20.2 Å². The van der Waals surface area contributed by atoms with Crippen LogP contribution in [-0.4, -0.2) is 46.1 Å². The summed E-state index contributed by atoms with van der Waals surface area (Å²) in [6, 6.07) is 10.9. The molecule has 28 heavy (non-hydrogen) atoms. The number of aromatic amines is 1. The highest BCUT2D eigenvalue weighted by atomic mass is 35.5. The highest BCUT2D eigenvalue weighted by Crippen LogP contribution is 2.23. The van der Waals surface area contributed by atoms with E-state index < -0.39 is 6.04 Å². The highest BCUT2D eigenvalue weighted by molar-refractivity contribution is 6.31. The number of imidazole rings is 1. The summed E-state index contributed by atoms with van der Waals surface area (Å²) < 4.78 is 0. The van der Waals surface area contributed by atoms with E-state index in [-0.39, 0.29) is 12.5 Å². The van der Waals surface area contributed by atoms with E-state index in [2.05, 4.69) is 27.2 Å². The number of nitrogens with zero attached hydrogens (tertiary/aromatic N) is 2. The second-order valence-corrected chi connectivity index (χ2v) is 7.73. The van der Waals surface area contributed by atoms with Gasteiger partial charge in [-0.15, -0.1) is 0 Å². The molecule has 6 nitrogen and oxygen atoms in total. The minimum atomic E-state index is -0.411. The number of carbonyl (C=O) groups is 1. The lowest BCUT2D eigenvalue weighted by Crippen LogP contribution is -2.31. The molecule has 7 heteroatoms. The van der Waals surface area contributed by atoms with Gasteiger partial charge in [0.1, 0.15) is 5.82 Å². The van der Waals surface area contributed by atoms with Crippen LogP contribution < -0.4 is 5.32 Å². The molecule has 0 radical (unpaired) electrons. The maximum absolute atomic E-state index is 12.9. The largest absolute Gasteiger partial charge is 0.396 e. The third-order valence-corrected chi connectivity index (χ3v) is 5.42. The predicted molar refractivity (Wildman–Crippen MR) is 109 cm³/mol. The van der Waals surface area contributed by atoms with Crippen molar-refractivity contribution in [1.29, 1.82) is 0 Å². The zero-order valence-electron chi connectivity index (χ0n) is 15.7. The fraction of sp³-hybridized carbons (Fsp3) is 0.333. The summed E-state index contributed by atoms with van der Waals surface area (Å²) in [6.07, 6.45) is 1.31. The van der Waals surface area contributed by atoms with Crippen LogP contribution in [0.15, 0.2) is 36.4 Å². The van der Waals surface area contributed by atoms with Gasteiger partial charge in [-0.1, -0.05) is 17.7 Å². The van der Waals surface area contributed by atoms with Gasteiger partial charge < -0.3 is 20.3 Å². The topological polar surface area (TPSA) is 81.2 Å². The first-order valence-electron chi connectivity index (χ1n) is 9.40. The molecule has 0 saturated carbocycles. The van der Waals surface area contributed by atoms with E-state index in [1.807, 2.05) is 24.3 Å². The van der Waals surface area contributed by atoms with Gasteiger partial charge in [0.05, 0.1) is 17.1 Å². The molecule has 0 fully saturated rings. The van der Waals surface area contributed by atoms with Gasteiger partial charge in [-0.05, 0) is 61.3 Å². The number of carbonyl (C=O) groups excluding carboxylic acids is 1. The van der Waals surface area contributed by atoms with Gasteiger partial charge in [0, 0.05) is 30.3 Å². The average molecular weight is 399 g/mol. The zero-order valence-corrected chi connectivity index (χ0v) is 16.5. The molecular formula is C21H23ClN4O2. The zero-order chi connectivity index (χ0) is 19.7. The number of H-pyrrole nitrogens is 1. The third kappa shape index (κ3) is 3.90. The van der Waals surface area contributed by atoms with Crippen LogP contribution in [0, 0.1) is 0 Å². The fourth-order valence-corrected chi connectivity index (χ4v) is 3.81. The number of fused-ring (bicyclic) bond motifs is 2. The van der Waals surface area contributed by atoms with Crippen molar-refractivity contribution in [3.63, 3.8) is 0 Å². The standard InChI is InChI=1S/C21H23ClN4O2/c1-26-8-6-13-10-14(2-3-15(13)12-26)21(28)25-18(7-9-27)20-23-17-5-4-16(22)11-19(17)24-20/h2-5,10-11,18,27H,6-9,12H2,1H3,(H,23,24)(H,25,28)/t18-/m0/s1. The summed E-state index contributed by atoms with van der Waals surface area (Å²) >= 11 is 6.03. The molecule has 0 unspecified atom stereocenters. The molecule has 0 aliphatic carbocycles. The Kier molecular flexibility index (Phi) is 5.35. The summed E-state index contributed by atoms with van der Waals surface area (Å²) in [5, 5.41) is 13.1. The van der Waals surface area contributed by atoms with Crippen LogP contribution in [0.3, 0.4) is 0 Å². The normalized spacial score (nSPS) is 15.4. The van der Waals surface area contributed by atoms with E-state index in [0.29, 0.717) is 22.8 Å². The van der Waals surface area contributed by atoms with Gasteiger partial charge in [-0.3, -0.25) is 4.79 Å².